The Bertz CT molecular complexity index is 555. The SMILES string of the molecule is NC(=NO)c1ccc(Sc2ccc(Cl)cn2)cc1. The Labute approximate surface area is 113 Å². The molecule has 0 bridgehead atoms. The van der Waals surface area contributed by atoms with Crippen molar-refractivity contribution in [1.82, 2.24) is 4.98 Å². The summed E-state index contributed by atoms with van der Waals surface area (Å²) in [5.74, 6) is 0.0937. The van der Waals surface area contributed by atoms with E-state index in [1.165, 1.54) is 11.8 Å². The van der Waals surface area contributed by atoms with Gasteiger partial charge in [0.05, 0.1) is 5.02 Å². The number of hydrogen-bond acceptors (Lipinski definition) is 4. The number of oxime groups is 1. The molecule has 2 aromatic rings. The molecule has 0 aliphatic heterocycles. The highest BCUT2D eigenvalue weighted by Crippen LogP contribution is 2.26. The number of aromatic nitrogens is 1. The largest absolute Gasteiger partial charge is 0.409 e. The van der Waals surface area contributed by atoms with Crippen LogP contribution >= 0.6 is 23.4 Å². The van der Waals surface area contributed by atoms with E-state index >= 15 is 0 Å². The zero-order chi connectivity index (χ0) is 13.0. The van der Waals surface area contributed by atoms with Crippen molar-refractivity contribution in [3.05, 3.63) is 53.2 Å². The summed E-state index contributed by atoms with van der Waals surface area (Å²) in [4.78, 5) is 5.20. The van der Waals surface area contributed by atoms with Crippen LogP contribution in [0.2, 0.25) is 5.02 Å². The van der Waals surface area contributed by atoms with Gasteiger partial charge in [0.1, 0.15) is 5.03 Å². The Balaban J connectivity index is 2.13. The van der Waals surface area contributed by atoms with E-state index in [1.54, 1.807) is 24.4 Å². The van der Waals surface area contributed by atoms with Crippen molar-refractivity contribution in [1.29, 1.82) is 0 Å². The van der Waals surface area contributed by atoms with Crippen LogP contribution in [0.4, 0.5) is 0 Å². The minimum absolute atomic E-state index is 0.0937. The zero-order valence-corrected chi connectivity index (χ0v) is 10.8. The monoisotopic (exact) mass is 279 g/mol. The van der Waals surface area contributed by atoms with Gasteiger partial charge >= 0.3 is 0 Å². The first-order chi connectivity index (χ1) is 8.69. The van der Waals surface area contributed by atoms with Gasteiger partial charge in [-0.3, -0.25) is 0 Å². The molecule has 0 saturated heterocycles. The maximum absolute atomic E-state index is 8.55. The number of halogens is 1. The highest BCUT2D eigenvalue weighted by atomic mass is 35.5. The summed E-state index contributed by atoms with van der Waals surface area (Å²) in [5, 5.41) is 13.0. The van der Waals surface area contributed by atoms with E-state index in [9.17, 15) is 0 Å². The molecule has 0 atom stereocenters. The van der Waals surface area contributed by atoms with Crippen LogP contribution in [-0.2, 0) is 0 Å². The summed E-state index contributed by atoms with van der Waals surface area (Å²) in [7, 11) is 0. The lowest BCUT2D eigenvalue weighted by Gasteiger charge is -2.02. The van der Waals surface area contributed by atoms with Crippen LogP contribution < -0.4 is 5.73 Å². The molecule has 3 N–H and O–H groups in total. The molecule has 2 rings (SSSR count). The fourth-order valence-electron chi connectivity index (χ4n) is 1.29. The van der Waals surface area contributed by atoms with Crippen LogP contribution in [0.3, 0.4) is 0 Å². The number of hydrogen-bond donors (Lipinski definition) is 2. The Morgan fingerprint density at radius 1 is 1.22 bits per heavy atom. The van der Waals surface area contributed by atoms with Gasteiger partial charge in [0.2, 0.25) is 0 Å². The smallest absolute Gasteiger partial charge is 0.170 e. The van der Waals surface area contributed by atoms with E-state index in [4.69, 9.17) is 22.5 Å². The minimum Gasteiger partial charge on any atom is -0.409 e. The highest BCUT2D eigenvalue weighted by molar-refractivity contribution is 7.99. The number of benzene rings is 1. The lowest BCUT2D eigenvalue weighted by atomic mass is 10.2. The second-order valence-corrected chi connectivity index (χ2v) is 4.96. The summed E-state index contributed by atoms with van der Waals surface area (Å²) in [6.45, 7) is 0. The van der Waals surface area contributed by atoms with Crippen molar-refractivity contribution in [3.8, 4) is 0 Å². The lowest BCUT2D eigenvalue weighted by Crippen LogP contribution is -2.12. The molecule has 0 aliphatic rings. The van der Waals surface area contributed by atoms with Gasteiger partial charge in [-0.2, -0.15) is 0 Å². The number of amidine groups is 1. The Kier molecular flexibility index (Phi) is 4.07. The van der Waals surface area contributed by atoms with Gasteiger partial charge < -0.3 is 10.9 Å². The summed E-state index contributed by atoms with van der Waals surface area (Å²) in [6.07, 6.45) is 1.61. The predicted molar refractivity (Wildman–Crippen MR) is 72.3 cm³/mol. The Morgan fingerprint density at radius 3 is 2.50 bits per heavy atom. The Morgan fingerprint density at radius 2 is 1.94 bits per heavy atom. The summed E-state index contributed by atoms with van der Waals surface area (Å²) in [6, 6.07) is 11.0. The Hall–Kier alpha value is -1.72. The molecule has 6 heteroatoms. The number of nitrogens with two attached hydrogens (primary N) is 1. The van der Waals surface area contributed by atoms with Gasteiger partial charge in [-0.15, -0.1) is 0 Å². The molecule has 1 aromatic heterocycles. The van der Waals surface area contributed by atoms with Crippen molar-refractivity contribution in [2.75, 3.05) is 0 Å². The molecule has 0 spiro atoms. The summed E-state index contributed by atoms with van der Waals surface area (Å²) < 4.78 is 0. The molecule has 1 heterocycles. The van der Waals surface area contributed by atoms with E-state index in [1.807, 2.05) is 18.2 Å². The van der Waals surface area contributed by atoms with Crippen LogP contribution in [0, 0.1) is 0 Å². The third-order valence-electron chi connectivity index (χ3n) is 2.18. The van der Waals surface area contributed by atoms with Crippen LogP contribution in [0.1, 0.15) is 5.56 Å². The van der Waals surface area contributed by atoms with Crippen molar-refractivity contribution in [2.45, 2.75) is 9.92 Å². The average molecular weight is 280 g/mol. The van der Waals surface area contributed by atoms with E-state index in [2.05, 4.69) is 10.1 Å². The van der Waals surface area contributed by atoms with Crippen LogP contribution in [0.15, 0.2) is 57.7 Å². The molecule has 0 fully saturated rings. The molecule has 0 aliphatic carbocycles. The van der Waals surface area contributed by atoms with Gasteiger partial charge in [-0.25, -0.2) is 4.98 Å². The van der Waals surface area contributed by atoms with Crippen LogP contribution in [0.25, 0.3) is 0 Å². The van der Waals surface area contributed by atoms with Gasteiger partial charge in [0.15, 0.2) is 5.84 Å². The maximum atomic E-state index is 8.55. The highest BCUT2D eigenvalue weighted by Gasteiger charge is 2.01. The van der Waals surface area contributed by atoms with Gasteiger partial charge in [0.25, 0.3) is 0 Å². The average Bonchev–Trinajstić information content (AvgIpc) is 2.41. The molecular formula is C12H10ClN3OS. The molecule has 18 heavy (non-hydrogen) atoms. The first-order valence-electron chi connectivity index (χ1n) is 5.06. The molecule has 0 amide bonds. The number of pyridine rings is 1. The second kappa shape index (κ2) is 5.75. The summed E-state index contributed by atoms with van der Waals surface area (Å²) in [5.41, 5.74) is 6.15. The standard InChI is InChI=1S/C12H10ClN3OS/c13-9-3-6-11(15-7-9)18-10-4-1-8(2-5-10)12(14)16-17/h1-7,17H,(H2,14,16). The zero-order valence-electron chi connectivity index (χ0n) is 9.25. The van der Waals surface area contributed by atoms with E-state index in [0.29, 0.717) is 10.6 Å². The fourth-order valence-corrected chi connectivity index (χ4v) is 2.16. The van der Waals surface area contributed by atoms with E-state index < -0.39 is 0 Å². The molecule has 0 radical (unpaired) electrons. The van der Waals surface area contributed by atoms with Gasteiger partial charge in [-0.1, -0.05) is 40.7 Å². The first-order valence-corrected chi connectivity index (χ1v) is 6.26. The van der Waals surface area contributed by atoms with Crippen molar-refractivity contribution >= 4 is 29.2 Å². The van der Waals surface area contributed by atoms with Crippen molar-refractivity contribution < 1.29 is 5.21 Å². The number of rotatable bonds is 3. The van der Waals surface area contributed by atoms with Crippen LogP contribution in [0.5, 0.6) is 0 Å². The second-order valence-electron chi connectivity index (χ2n) is 3.43. The van der Waals surface area contributed by atoms with E-state index in [0.717, 1.165) is 9.92 Å². The fraction of sp³-hybridized carbons (Fsp3) is 0. The van der Waals surface area contributed by atoms with Gasteiger partial charge in [0, 0.05) is 16.7 Å². The molecular weight excluding hydrogens is 270 g/mol. The maximum Gasteiger partial charge on any atom is 0.170 e. The molecule has 0 unspecified atom stereocenters. The summed E-state index contributed by atoms with van der Waals surface area (Å²) >= 11 is 7.28. The molecule has 0 saturated carbocycles. The van der Waals surface area contributed by atoms with Gasteiger partial charge in [-0.05, 0) is 24.3 Å². The quantitative estimate of drug-likeness (QED) is 0.392. The van der Waals surface area contributed by atoms with Crippen molar-refractivity contribution in [2.24, 2.45) is 10.9 Å². The topological polar surface area (TPSA) is 71.5 Å². The lowest BCUT2D eigenvalue weighted by molar-refractivity contribution is 0.318. The first kappa shape index (κ1) is 12.7. The molecule has 4 nitrogen and oxygen atoms in total. The normalized spacial score (nSPS) is 11.5. The van der Waals surface area contributed by atoms with E-state index in [-0.39, 0.29) is 5.84 Å². The molecule has 1 aromatic carbocycles. The van der Waals surface area contributed by atoms with Crippen LogP contribution in [-0.4, -0.2) is 16.0 Å². The number of nitrogens with zero attached hydrogens (tertiary/aromatic N) is 2. The van der Waals surface area contributed by atoms with Crippen molar-refractivity contribution in [3.63, 3.8) is 0 Å². The third kappa shape index (κ3) is 3.15. The molecule has 92 valence electrons. The minimum atomic E-state index is 0.0937. The third-order valence-corrected chi connectivity index (χ3v) is 3.36. The predicted octanol–water partition coefficient (Wildman–Crippen LogP) is 2.98.